The summed E-state index contributed by atoms with van der Waals surface area (Å²) < 4.78 is 39.7. The SMILES string of the molecule is O=C(Nc1cc(C(F)(F)F)ccc1N1CCNCC1)c1ccc2ccccc2c1. The molecule has 0 aromatic heterocycles. The largest absolute Gasteiger partial charge is 0.416 e. The van der Waals surface area contributed by atoms with E-state index in [-0.39, 0.29) is 5.69 Å². The van der Waals surface area contributed by atoms with Crippen LogP contribution in [0.25, 0.3) is 10.8 Å². The van der Waals surface area contributed by atoms with Crippen molar-refractivity contribution in [1.29, 1.82) is 0 Å². The molecule has 29 heavy (non-hydrogen) atoms. The number of carbonyl (C=O) groups excluding carboxylic acids is 1. The monoisotopic (exact) mass is 399 g/mol. The van der Waals surface area contributed by atoms with E-state index in [0.717, 1.165) is 36.0 Å². The average Bonchev–Trinajstić information content (AvgIpc) is 2.73. The Morgan fingerprint density at radius 1 is 0.931 bits per heavy atom. The third-order valence-electron chi connectivity index (χ3n) is 5.04. The zero-order valence-corrected chi connectivity index (χ0v) is 15.6. The second-order valence-electron chi connectivity index (χ2n) is 6.98. The number of anilines is 2. The standard InChI is InChI=1S/C22H20F3N3O/c23-22(24,25)18-7-8-20(28-11-9-26-10-12-28)19(14-18)27-21(29)17-6-5-15-3-1-2-4-16(15)13-17/h1-8,13-14,26H,9-12H2,(H,27,29). The molecule has 4 rings (SSSR count). The molecular weight excluding hydrogens is 379 g/mol. The topological polar surface area (TPSA) is 44.4 Å². The smallest absolute Gasteiger partial charge is 0.367 e. The lowest BCUT2D eigenvalue weighted by Crippen LogP contribution is -2.43. The predicted molar refractivity (Wildman–Crippen MR) is 108 cm³/mol. The minimum absolute atomic E-state index is 0.167. The van der Waals surface area contributed by atoms with Crippen molar-refractivity contribution in [2.45, 2.75) is 6.18 Å². The number of nitrogens with one attached hydrogen (secondary N) is 2. The maximum absolute atomic E-state index is 13.2. The van der Waals surface area contributed by atoms with Gasteiger partial charge in [0, 0.05) is 31.7 Å². The van der Waals surface area contributed by atoms with Crippen LogP contribution in [0.5, 0.6) is 0 Å². The molecule has 0 radical (unpaired) electrons. The number of amides is 1. The molecule has 1 fully saturated rings. The van der Waals surface area contributed by atoms with Gasteiger partial charge < -0.3 is 15.5 Å². The van der Waals surface area contributed by atoms with Crippen molar-refractivity contribution >= 4 is 28.1 Å². The first kappa shape index (κ1) is 19.3. The van der Waals surface area contributed by atoms with Gasteiger partial charge in [-0.2, -0.15) is 13.2 Å². The molecule has 0 unspecified atom stereocenters. The molecular formula is C22H20F3N3O. The fourth-order valence-corrected chi connectivity index (χ4v) is 3.52. The molecule has 4 nitrogen and oxygen atoms in total. The lowest BCUT2D eigenvalue weighted by atomic mass is 10.1. The highest BCUT2D eigenvalue weighted by Gasteiger charge is 2.32. The Kier molecular flexibility index (Phi) is 5.15. The number of hydrogen-bond acceptors (Lipinski definition) is 3. The zero-order valence-electron chi connectivity index (χ0n) is 15.6. The van der Waals surface area contributed by atoms with Gasteiger partial charge in [0.05, 0.1) is 16.9 Å². The van der Waals surface area contributed by atoms with Gasteiger partial charge in [0.2, 0.25) is 0 Å². The normalized spacial score (nSPS) is 14.8. The average molecular weight is 399 g/mol. The van der Waals surface area contributed by atoms with Crippen LogP contribution in [0.15, 0.2) is 60.7 Å². The van der Waals surface area contributed by atoms with Crippen LogP contribution >= 0.6 is 0 Å². The van der Waals surface area contributed by atoms with E-state index in [4.69, 9.17) is 0 Å². The number of rotatable bonds is 3. The molecule has 1 saturated heterocycles. The maximum atomic E-state index is 13.2. The van der Waals surface area contributed by atoms with Gasteiger partial charge in [0.15, 0.2) is 0 Å². The molecule has 1 heterocycles. The van der Waals surface area contributed by atoms with Crippen molar-refractivity contribution < 1.29 is 18.0 Å². The van der Waals surface area contributed by atoms with E-state index >= 15 is 0 Å². The van der Waals surface area contributed by atoms with Gasteiger partial charge in [0.25, 0.3) is 5.91 Å². The van der Waals surface area contributed by atoms with Crippen molar-refractivity contribution in [3.05, 3.63) is 71.8 Å². The Labute approximate surface area is 166 Å². The van der Waals surface area contributed by atoms with Gasteiger partial charge >= 0.3 is 6.18 Å². The van der Waals surface area contributed by atoms with Crippen LogP contribution in [-0.2, 0) is 6.18 Å². The molecule has 0 atom stereocenters. The predicted octanol–water partition coefficient (Wildman–Crippen LogP) is 4.52. The number of benzene rings is 3. The second kappa shape index (κ2) is 7.75. The van der Waals surface area contributed by atoms with Crippen LogP contribution in [-0.4, -0.2) is 32.1 Å². The van der Waals surface area contributed by atoms with Gasteiger partial charge in [0.1, 0.15) is 0 Å². The molecule has 0 aliphatic carbocycles. The van der Waals surface area contributed by atoms with Crippen molar-refractivity contribution in [2.24, 2.45) is 0 Å². The maximum Gasteiger partial charge on any atom is 0.416 e. The number of alkyl halides is 3. The van der Waals surface area contributed by atoms with E-state index in [1.165, 1.54) is 6.07 Å². The Bertz CT molecular complexity index is 1040. The Hall–Kier alpha value is -3.06. The van der Waals surface area contributed by atoms with Crippen LogP contribution in [0.3, 0.4) is 0 Å². The van der Waals surface area contributed by atoms with Crippen LogP contribution in [0.2, 0.25) is 0 Å². The molecule has 0 bridgehead atoms. The number of hydrogen-bond donors (Lipinski definition) is 2. The summed E-state index contributed by atoms with van der Waals surface area (Å²) in [6.07, 6.45) is -4.48. The van der Waals surface area contributed by atoms with E-state index in [0.29, 0.717) is 24.3 Å². The minimum Gasteiger partial charge on any atom is -0.367 e. The third-order valence-corrected chi connectivity index (χ3v) is 5.04. The summed E-state index contributed by atoms with van der Waals surface area (Å²) in [5.41, 5.74) is 0.367. The second-order valence-corrected chi connectivity index (χ2v) is 6.98. The van der Waals surface area contributed by atoms with Crippen molar-refractivity contribution in [3.63, 3.8) is 0 Å². The van der Waals surface area contributed by atoms with Gasteiger partial charge in [-0.25, -0.2) is 0 Å². The molecule has 1 amide bonds. The summed E-state index contributed by atoms with van der Waals surface area (Å²) in [6.45, 7) is 2.78. The van der Waals surface area contributed by atoms with Gasteiger partial charge in [-0.05, 0) is 41.1 Å². The number of carbonyl (C=O) groups is 1. The minimum atomic E-state index is -4.48. The molecule has 0 saturated carbocycles. The zero-order chi connectivity index (χ0) is 20.4. The van der Waals surface area contributed by atoms with E-state index in [1.807, 2.05) is 35.2 Å². The third kappa shape index (κ3) is 4.19. The van der Waals surface area contributed by atoms with Crippen molar-refractivity contribution in [2.75, 3.05) is 36.4 Å². The molecule has 3 aromatic carbocycles. The summed E-state index contributed by atoms with van der Waals surface area (Å²) in [5, 5.41) is 7.80. The Morgan fingerprint density at radius 2 is 1.66 bits per heavy atom. The number of fused-ring (bicyclic) bond motifs is 1. The Morgan fingerprint density at radius 3 is 2.38 bits per heavy atom. The van der Waals surface area contributed by atoms with E-state index in [1.54, 1.807) is 12.1 Å². The highest BCUT2D eigenvalue weighted by Crippen LogP contribution is 2.36. The van der Waals surface area contributed by atoms with Crippen LogP contribution in [0, 0.1) is 0 Å². The lowest BCUT2D eigenvalue weighted by molar-refractivity contribution is -0.137. The first-order valence-electron chi connectivity index (χ1n) is 9.39. The van der Waals surface area contributed by atoms with E-state index in [2.05, 4.69) is 10.6 Å². The summed E-state index contributed by atoms with van der Waals surface area (Å²) in [7, 11) is 0. The number of nitrogens with zero attached hydrogens (tertiary/aromatic N) is 1. The van der Waals surface area contributed by atoms with E-state index < -0.39 is 17.6 Å². The van der Waals surface area contributed by atoms with E-state index in [9.17, 15) is 18.0 Å². The fraction of sp³-hybridized carbons (Fsp3) is 0.227. The van der Waals surface area contributed by atoms with Gasteiger partial charge in [-0.3, -0.25) is 4.79 Å². The fourth-order valence-electron chi connectivity index (χ4n) is 3.52. The highest BCUT2D eigenvalue weighted by atomic mass is 19.4. The molecule has 1 aliphatic heterocycles. The summed E-state index contributed by atoms with van der Waals surface area (Å²) in [6, 6.07) is 16.4. The number of piperazine rings is 1. The molecule has 150 valence electrons. The molecule has 7 heteroatoms. The number of halogens is 3. The van der Waals surface area contributed by atoms with Gasteiger partial charge in [-0.1, -0.05) is 30.3 Å². The van der Waals surface area contributed by atoms with Crippen LogP contribution in [0.1, 0.15) is 15.9 Å². The highest BCUT2D eigenvalue weighted by molar-refractivity contribution is 6.08. The van der Waals surface area contributed by atoms with Crippen LogP contribution < -0.4 is 15.5 Å². The molecule has 0 spiro atoms. The van der Waals surface area contributed by atoms with Crippen LogP contribution in [0.4, 0.5) is 24.5 Å². The first-order chi connectivity index (χ1) is 13.9. The summed E-state index contributed by atoms with van der Waals surface area (Å²) in [5.74, 6) is -0.438. The molecule has 3 aromatic rings. The summed E-state index contributed by atoms with van der Waals surface area (Å²) >= 11 is 0. The lowest BCUT2D eigenvalue weighted by Gasteiger charge is -2.31. The quantitative estimate of drug-likeness (QED) is 0.681. The Balaban J connectivity index is 1.68. The molecule has 1 aliphatic rings. The first-order valence-corrected chi connectivity index (χ1v) is 9.39. The van der Waals surface area contributed by atoms with Gasteiger partial charge in [-0.15, -0.1) is 0 Å². The van der Waals surface area contributed by atoms with Crippen molar-refractivity contribution in [1.82, 2.24) is 5.32 Å². The summed E-state index contributed by atoms with van der Waals surface area (Å²) in [4.78, 5) is 14.8. The molecule has 2 N–H and O–H groups in total. The van der Waals surface area contributed by atoms with Crippen molar-refractivity contribution in [3.8, 4) is 0 Å².